The van der Waals surface area contributed by atoms with E-state index in [2.05, 4.69) is 25.7 Å². The van der Waals surface area contributed by atoms with Gasteiger partial charge in [-0.25, -0.2) is 0 Å². The van der Waals surface area contributed by atoms with Crippen LogP contribution >= 0.6 is 0 Å². The van der Waals surface area contributed by atoms with Crippen molar-refractivity contribution in [1.82, 2.24) is 9.80 Å². The first-order chi connectivity index (χ1) is 7.86. The molecule has 0 aromatic carbocycles. The van der Waals surface area contributed by atoms with Gasteiger partial charge in [-0.15, -0.1) is 0 Å². The quantitative estimate of drug-likeness (QED) is 0.780. The summed E-state index contributed by atoms with van der Waals surface area (Å²) < 4.78 is 4.98. The Morgan fingerprint density at radius 3 is 2.18 bits per heavy atom. The largest absolute Gasteiger partial charge is 0.480 e. The van der Waals surface area contributed by atoms with Gasteiger partial charge in [0.1, 0.15) is 6.04 Å². The molecule has 0 saturated carbocycles. The average Bonchev–Trinajstić information content (AvgIpc) is 2.24. The highest BCUT2D eigenvalue weighted by Gasteiger charge is 2.31. The first kappa shape index (κ1) is 14.4. The van der Waals surface area contributed by atoms with Gasteiger partial charge in [0.05, 0.1) is 6.61 Å². The van der Waals surface area contributed by atoms with Crippen molar-refractivity contribution in [2.24, 2.45) is 0 Å². The molecule has 1 heterocycles. The van der Waals surface area contributed by atoms with Crippen LogP contribution in [0.25, 0.3) is 0 Å². The second kappa shape index (κ2) is 5.80. The third-order valence-corrected chi connectivity index (χ3v) is 3.31. The number of piperazine rings is 1. The van der Waals surface area contributed by atoms with Gasteiger partial charge in [0.15, 0.2) is 0 Å². The van der Waals surface area contributed by atoms with Crippen LogP contribution in [0.15, 0.2) is 0 Å². The lowest BCUT2D eigenvalue weighted by atomic mass is 10.0. The number of nitrogens with zero attached hydrogens (tertiary/aromatic N) is 2. The molecule has 1 saturated heterocycles. The number of methoxy groups -OCH3 is 1. The van der Waals surface area contributed by atoms with E-state index in [-0.39, 0.29) is 12.1 Å². The lowest BCUT2D eigenvalue weighted by molar-refractivity contribution is -0.146. The highest BCUT2D eigenvalue weighted by molar-refractivity contribution is 5.73. The minimum Gasteiger partial charge on any atom is -0.480 e. The fourth-order valence-corrected chi connectivity index (χ4v) is 2.20. The number of hydrogen-bond acceptors (Lipinski definition) is 4. The van der Waals surface area contributed by atoms with Crippen molar-refractivity contribution in [3.8, 4) is 0 Å². The summed E-state index contributed by atoms with van der Waals surface area (Å²) in [6.07, 6.45) is 0. The predicted octanol–water partition coefficient (Wildman–Crippen LogP) is 0.502. The molecule has 0 aromatic heterocycles. The molecule has 1 N–H and O–H groups in total. The number of carboxylic acids is 1. The van der Waals surface area contributed by atoms with Gasteiger partial charge in [-0.2, -0.15) is 0 Å². The van der Waals surface area contributed by atoms with Crippen LogP contribution in [-0.2, 0) is 9.53 Å². The second-order valence-corrected chi connectivity index (χ2v) is 5.50. The summed E-state index contributed by atoms with van der Waals surface area (Å²) in [6, 6.07) is -0.512. The van der Waals surface area contributed by atoms with E-state index in [1.54, 1.807) is 7.11 Å². The lowest BCUT2D eigenvalue weighted by Gasteiger charge is -2.43. The number of carbonyl (C=O) groups is 1. The monoisotopic (exact) mass is 244 g/mol. The van der Waals surface area contributed by atoms with E-state index in [1.807, 2.05) is 4.90 Å². The van der Waals surface area contributed by atoms with Crippen LogP contribution in [-0.4, -0.2) is 72.4 Å². The summed E-state index contributed by atoms with van der Waals surface area (Å²) in [4.78, 5) is 15.5. The normalized spacial score (nSPS) is 21.4. The molecule has 5 heteroatoms. The first-order valence-electron chi connectivity index (χ1n) is 6.07. The number of ether oxygens (including phenoxy) is 1. The van der Waals surface area contributed by atoms with Crippen molar-refractivity contribution in [2.45, 2.75) is 32.4 Å². The number of carboxylic acid groups (broad SMARTS) is 1. The van der Waals surface area contributed by atoms with Gasteiger partial charge in [-0.3, -0.25) is 14.6 Å². The molecule has 1 fully saturated rings. The summed E-state index contributed by atoms with van der Waals surface area (Å²) in [5, 5.41) is 9.15. The standard InChI is InChI=1S/C12H24N2O3/c1-12(2,3)14-7-5-13(6-8-14)10(9-17-4)11(15)16/h10H,5-9H2,1-4H3,(H,15,16). The molecule has 0 aromatic rings. The molecule has 100 valence electrons. The Balaban J connectivity index is 2.52. The second-order valence-electron chi connectivity index (χ2n) is 5.50. The maximum absolute atomic E-state index is 11.1. The zero-order valence-electron chi connectivity index (χ0n) is 11.3. The molecular weight excluding hydrogens is 220 g/mol. The van der Waals surface area contributed by atoms with Gasteiger partial charge < -0.3 is 9.84 Å². The summed E-state index contributed by atoms with van der Waals surface area (Å²) in [7, 11) is 1.54. The van der Waals surface area contributed by atoms with Crippen molar-refractivity contribution in [3.05, 3.63) is 0 Å². The number of aliphatic carboxylic acids is 1. The lowest BCUT2D eigenvalue weighted by Crippen LogP contribution is -2.57. The molecule has 1 unspecified atom stereocenters. The van der Waals surface area contributed by atoms with Crippen LogP contribution in [0, 0.1) is 0 Å². The van der Waals surface area contributed by atoms with E-state index >= 15 is 0 Å². The molecule has 1 aliphatic rings. The van der Waals surface area contributed by atoms with Crippen molar-refractivity contribution in [1.29, 1.82) is 0 Å². The van der Waals surface area contributed by atoms with Crippen LogP contribution in [0.2, 0.25) is 0 Å². The van der Waals surface area contributed by atoms with Gasteiger partial charge in [0.2, 0.25) is 0 Å². The van der Waals surface area contributed by atoms with Crippen LogP contribution < -0.4 is 0 Å². The predicted molar refractivity (Wildman–Crippen MR) is 66.2 cm³/mol. The Hall–Kier alpha value is -0.650. The van der Waals surface area contributed by atoms with E-state index < -0.39 is 12.0 Å². The molecule has 1 aliphatic heterocycles. The topological polar surface area (TPSA) is 53.0 Å². The van der Waals surface area contributed by atoms with E-state index in [0.29, 0.717) is 0 Å². The molecular formula is C12H24N2O3. The molecule has 0 aliphatic carbocycles. The van der Waals surface area contributed by atoms with Crippen LogP contribution in [0.3, 0.4) is 0 Å². The van der Waals surface area contributed by atoms with Crippen molar-refractivity contribution < 1.29 is 14.6 Å². The minimum atomic E-state index is -0.795. The Morgan fingerprint density at radius 2 is 1.82 bits per heavy atom. The smallest absolute Gasteiger partial charge is 0.323 e. The van der Waals surface area contributed by atoms with E-state index in [9.17, 15) is 4.79 Å². The molecule has 5 nitrogen and oxygen atoms in total. The van der Waals surface area contributed by atoms with Gasteiger partial charge in [0.25, 0.3) is 0 Å². The molecule has 0 amide bonds. The molecule has 1 rings (SSSR count). The number of hydrogen-bond donors (Lipinski definition) is 1. The summed E-state index contributed by atoms with van der Waals surface area (Å²) in [5.41, 5.74) is 0.159. The van der Waals surface area contributed by atoms with Crippen LogP contribution in [0.4, 0.5) is 0 Å². The average molecular weight is 244 g/mol. The van der Waals surface area contributed by atoms with Crippen molar-refractivity contribution in [2.75, 3.05) is 39.9 Å². The summed E-state index contributed by atoms with van der Waals surface area (Å²) in [5.74, 6) is -0.795. The van der Waals surface area contributed by atoms with Crippen molar-refractivity contribution in [3.63, 3.8) is 0 Å². The van der Waals surface area contributed by atoms with E-state index in [1.165, 1.54) is 0 Å². The Labute approximate surface area is 103 Å². The van der Waals surface area contributed by atoms with Gasteiger partial charge in [0, 0.05) is 38.8 Å². The van der Waals surface area contributed by atoms with E-state index in [0.717, 1.165) is 26.2 Å². The van der Waals surface area contributed by atoms with Crippen LogP contribution in [0.1, 0.15) is 20.8 Å². The molecule has 0 radical (unpaired) electrons. The SMILES string of the molecule is COCC(C(=O)O)N1CCN(C(C)(C)C)CC1. The maximum Gasteiger partial charge on any atom is 0.323 e. The van der Waals surface area contributed by atoms with Gasteiger partial charge in [-0.05, 0) is 20.8 Å². The Kier molecular flexibility index (Phi) is 4.91. The maximum atomic E-state index is 11.1. The first-order valence-corrected chi connectivity index (χ1v) is 6.07. The fourth-order valence-electron chi connectivity index (χ4n) is 2.20. The third-order valence-electron chi connectivity index (χ3n) is 3.31. The summed E-state index contributed by atoms with van der Waals surface area (Å²) in [6.45, 7) is 10.2. The zero-order valence-corrected chi connectivity index (χ0v) is 11.3. The molecule has 17 heavy (non-hydrogen) atoms. The van der Waals surface area contributed by atoms with Crippen molar-refractivity contribution >= 4 is 5.97 Å². The Bertz CT molecular complexity index is 255. The van der Waals surface area contributed by atoms with Crippen LogP contribution in [0.5, 0.6) is 0 Å². The Morgan fingerprint density at radius 1 is 1.29 bits per heavy atom. The summed E-state index contributed by atoms with van der Waals surface area (Å²) >= 11 is 0. The minimum absolute atomic E-state index is 0.159. The van der Waals surface area contributed by atoms with E-state index in [4.69, 9.17) is 9.84 Å². The zero-order chi connectivity index (χ0) is 13.1. The van der Waals surface area contributed by atoms with Gasteiger partial charge in [-0.1, -0.05) is 0 Å². The molecule has 0 spiro atoms. The number of rotatable bonds is 4. The highest BCUT2D eigenvalue weighted by atomic mass is 16.5. The fraction of sp³-hybridized carbons (Fsp3) is 0.917. The molecule has 0 bridgehead atoms. The van der Waals surface area contributed by atoms with Gasteiger partial charge >= 0.3 is 5.97 Å². The third kappa shape index (κ3) is 3.94. The molecule has 1 atom stereocenters. The highest BCUT2D eigenvalue weighted by Crippen LogP contribution is 2.17.